The van der Waals surface area contributed by atoms with E-state index in [0.717, 1.165) is 29.7 Å². The summed E-state index contributed by atoms with van der Waals surface area (Å²) in [7, 11) is 0. The van der Waals surface area contributed by atoms with Gasteiger partial charge in [0, 0.05) is 36.5 Å². The maximum atomic E-state index is 15.1. The van der Waals surface area contributed by atoms with Crippen LogP contribution in [-0.4, -0.2) is 31.5 Å². The number of H-pyrrole nitrogens is 1. The number of rotatable bonds is 6. The summed E-state index contributed by atoms with van der Waals surface area (Å²) in [6.07, 6.45) is 7.26. The lowest BCUT2D eigenvalue weighted by Crippen LogP contribution is -2.10. The van der Waals surface area contributed by atoms with Crippen molar-refractivity contribution < 1.29 is 4.39 Å². The number of pyridine rings is 1. The second kappa shape index (κ2) is 7.65. The Morgan fingerprint density at radius 3 is 2.94 bits per heavy atom. The second-order valence-corrected chi connectivity index (χ2v) is 7.52. The largest absolute Gasteiger partial charge is 0.382 e. The first-order valence-corrected chi connectivity index (χ1v) is 10.0. The molecule has 1 aromatic carbocycles. The number of aromatic nitrogens is 5. The lowest BCUT2D eigenvalue weighted by Gasteiger charge is -2.08. The van der Waals surface area contributed by atoms with Gasteiger partial charge in [-0.05, 0) is 36.5 Å². The Kier molecular flexibility index (Phi) is 4.67. The fraction of sp³-hybridized carbons (Fsp3) is 0.227. The molecule has 4 N–H and O–H groups in total. The van der Waals surface area contributed by atoms with Crippen molar-refractivity contribution in [3.05, 3.63) is 59.7 Å². The summed E-state index contributed by atoms with van der Waals surface area (Å²) in [5.74, 6) is 1.32. The van der Waals surface area contributed by atoms with Gasteiger partial charge in [0.15, 0.2) is 0 Å². The van der Waals surface area contributed by atoms with Crippen LogP contribution in [0.25, 0.3) is 22.2 Å². The highest BCUT2D eigenvalue weighted by atomic mass is 19.1. The number of nitrogens with two attached hydrogens (primary N) is 1. The molecule has 0 radical (unpaired) electrons. The zero-order valence-corrected chi connectivity index (χ0v) is 16.6. The standard InChI is InChI=1S/C22H19FN8/c23-16-8-14(12-3-4-12)19-20(18(16)13-2-1-6-26-10-13)31-17(30-19)5-7-27-22-15(9-24)21(25)28-11-29-22/h1-2,6,8,10-12H,3-5,7H2,(H,30,31)(H3,25,27,28,29). The molecule has 0 bridgehead atoms. The molecule has 0 unspecified atom stereocenters. The van der Waals surface area contributed by atoms with Crippen molar-refractivity contribution in [3.8, 4) is 17.2 Å². The highest BCUT2D eigenvalue weighted by molar-refractivity contribution is 5.94. The highest BCUT2D eigenvalue weighted by Gasteiger charge is 2.29. The average Bonchev–Trinajstić information content (AvgIpc) is 3.53. The van der Waals surface area contributed by atoms with Crippen LogP contribution in [0.3, 0.4) is 0 Å². The summed E-state index contributed by atoms with van der Waals surface area (Å²) in [4.78, 5) is 20.1. The van der Waals surface area contributed by atoms with Crippen molar-refractivity contribution in [3.63, 3.8) is 0 Å². The van der Waals surface area contributed by atoms with Gasteiger partial charge in [0.05, 0.1) is 11.0 Å². The first-order chi connectivity index (χ1) is 15.2. The van der Waals surface area contributed by atoms with E-state index in [1.54, 1.807) is 24.5 Å². The smallest absolute Gasteiger partial charge is 0.149 e. The zero-order valence-electron chi connectivity index (χ0n) is 16.6. The number of hydrogen-bond donors (Lipinski definition) is 3. The summed E-state index contributed by atoms with van der Waals surface area (Å²) in [5.41, 5.74) is 9.57. The third-order valence-electron chi connectivity index (χ3n) is 5.41. The van der Waals surface area contributed by atoms with Crippen LogP contribution in [0.5, 0.6) is 0 Å². The number of fused-ring (bicyclic) bond motifs is 1. The lowest BCUT2D eigenvalue weighted by atomic mass is 10.00. The summed E-state index contributed by atoms with van der Waals surface area (Å²) in [6, 6.07) is 7.26. The fourth-order valence-corrected chi connectivity index (χ4v) is 3.77. The molecular formula is C22H19FN8. The van der Waals surface area contributed by atoms with Crippen LogP contribution in [0.1, 0.15) is 35.7 Å². The number of nitriles is 1. The number of nitrogen functional groups attached to an aromatic ring is 1. The van der Waals surface area contributed by atoms with Gasteiger partial charge in [0.1, 0.15) is 41.2 Å². The van der Waals surface area contributed by atoms with E-state index in [0.29, 0.717) is 41.3 Å². The predicted molar refractivity (Wildman–Crippen MR) is 115 cm³/mol. The Hall–Kier alpha value is -4.06. The SMILES string of the molecule is N#Cc1c(N)ncnc1NCCc1nc2c(C3CC3)cc(F)c(-c3cccnc3)c2[nH]1. The van der Waals surface area contributed by atoms with Gasteiger partial charge in [-0.25, -0.2) is 19.3 Å². The van der Waals surface area contributed by atoms with Crippen LogP contribution >= 0.6 is 0 Å². The maximum absolute atomic E-state index is 15.1. The summed E-state index contributed by atoms with van der Waals surface area (Å²) in [6.45, 7) is 0.467. The Bertz CT molecular complexity index is 1300. The average molecular weight is 414 g/mol. The third kappa shape index (κ3) is 3.53. The molecule has 1 aliphatic rings. The van der Waals surface area contributed by atoms with Gasteiger partial charge < -0.3 is 16.0 Å². The Morgan fingerprint density at radius 1 is 1.32 bits per heavy atom. The summed E-state index contributed by atoms with van der Waals surface area (Å²) >= 11 is 0. The monoisotopic (exact) mass is 414 g/mol. The topological polar surface area (TPSA) is 129 Å². The van der Waals surface area contributed by atoms with Crippen LogP contribution in [0.15, 0.2) is 36.9 Å². The second-order valence-electron chi connectivity index (χ2n) is 7.52. The highest BCUT2D eigenvalue weighted by Crippen LogP contribution is 2.45. The van der Waals surface area contributed by atoms with Crippen molar-refractivity contribution in [2.45, 2.75) is 25.2 Å². The molecular weight excluding hydrogens is 395 g/mol. The predicted octanol–water partition coefficient (Wildman–Crippen LogP) is 3.54. The van der Waals surface area contributed by atoms with E-state index in [9.17, 15) is 5.26 Å². The van der Waals surface area contributed by atoms with Gasteiger partial charge >= 0.3 is 0 Å². The quantitative estimate of drug-likeness (QED) is 0.440. The molecule has 5 rings (SSSR count). The van der Waals surface area contributed by atoms with Crippen LogP contribution in [0, 0.1) is 17.1 Å². The molecule has 0 amide bonds. The summed E-state index contributed by atoms with van der Waals surface area (Å²) < 4.78 is 15.1. The number of nitrogens with one attached hydrogen (secondary N) is 2. The number of hydrogen-bond acceptors (Lipinski definition) is 7. The molecule has 1 aliphatic carbocycles. The minimum atomic E-state index is -0.272. The number of aromatic amines is 1. The van der Waals surface area contributed by atoms with Crippen molar-refractivity contribution >= 4 is 22.7 Å². The minimum Gasteiger partial charge on any atom is -0.382 e. The third-order valence-corrected chi connectivity index (χ3v) is 5.41. The van der Waals surface area contributed by atoms with E-state index in [-0.39, 0.29) is 17.2 Å². The van der Waals surface area contributed by atoms with Gasteiger partial charge in [0.25, 0.3) is 0 Å². The molecule has 3 heterocycles. The van der Waals surface area contributed by atoms with Crippen molar-refractivity contribution in [2.24, 2.45) is 0 Å². The van der Waals surface area contributed by atoms with Crippen LogP contribution in [0.2, 0.25) is 0 Å². The van der Waals surface area contributed by atoms with Crippen LogP contribution in [0.4, 0.5) is 16.0 Å². The lowest BCUT2D eigenvalue weighted by molar-refractivity contribution is 0.630. The van der Waals surface area contributed by atoms with Gasteiger partial charge in [-0.15, -0.1) is 0 Å². The van der Waals surface area contributed by atoms with Crippen molar-refractivity contribution in [1.82, 2.24) is 24.9 Å². The van der Waals surface area contributed by atoms with Gasteiger partial charge in [-0.3, -0.25) is 4.98 Å². The number of nitrogens with zero attached hydrogens (tertiary/aromatic N) is 5. The molecule has 8 nitrogen and oxygen atoms in total. The van der Waals surface area contributed by atoms with E-state index in [4.69, 9.17) is 10.7 Å². The first-order valence-electron chi connectivity index (χ1n) is 10.0. The molecule has 4 aromatic rings. The van der Waals surface area contributed by atoms with E-state index < -0.39 is 0 Å². The number of halogens is 1. The molecule has 0 saturated heterocycles. The fourth-order valence-electron chi connectivity index (χ4n) is 3.77. The van der Waals surface area contributed by atoms with E-state index in [1.165, 1.54) is 6.33 Å². The molecule has 0 spiro atoms. The first kappa shape index (κ1) is 18.9. The zero-order chi connectivity index (χ0) is 21.4. The van der Waals surface area contributed by atoms with E-state index in [1.807, 2.05) is 12.1 Å². The Labute approximate surface area is 177 Å². The molecule has 31 heavy (non-hydrogen) atoms. The number of imidazole rings is 1. The van der Waals surface area contributed by atoms with Crippen molar-refractivity contribution in [1.29, 1.82) is 5.26 Å². The van der Waals surface area contributed by atoms with Gasteiger partial charge in [-0.1, -0.05) is 6.07 Å². The number of anilines is 2. The van der Waals surface area contributed by atoms with Crippen LogP contribution in [-0.2, 0) is 6.42 Å². The molecule has 0 aliphatic heterocycles. The van der Waals surface area contributed by atoms with Gasteiger partial charge in [-0.2, -0.15) is 5.26 Å². The normalized spacial score (nSPS) is 13.3. The number of benzene rings is 1. The Balaban J connectivity index is 1.47. The molecule has 1 fully saturated rings. The summed E-state index contributed by atoms with van der Waals surface area (Å²) in [5, 5.41) is 12.4. The van der Waals surface area contributed by atoms with Gasteiger partial charge in [0.2, 0.25) is 0 Å². The van der Waals surface area contributed by atoms with E-state index >= 15 is 4.39 Å². The van der Waals surface area contributed by atoms with Crippen LogP contribution < -0.4 is 11.1 Å². The van der Waals surface area contributed by atoms with E-state index in [2.05, 4.69) is 25.3 Å². The maximum Gasteiger partial charge on any atom is 0.149 e. The molecule has 1 saturated carbocycles. The Morgan fingerprint density at radius 2 is 2.19 bits per heavy atom. The molecule has 0 atom stereocenters. The van der Waals surface area contributed by atoms with Crippen molar-refractivity contribution in [2.75, 3.05) is 17.6 Å². The molecule has 9 heteroatoms. The molecule has 154 valence electrons. The molecule has 3 aromatic heterocycles. The minimum absolute atomic E-state index is 0.134.